The van der Waals surface area contributed by atoms with Crippen molar-refractivity contribution < 1.29 is 9.90 Å². The lowest BCUT2D eigenvalue weighted by atomic mass is 10.1. The number of hydrogen-bond acceptors (Lipinski definition) is 3. The number of nitrogens with zero attached hydrogens (tertiary/aromatic N) is 2. The van der Waals surface area contributed by atoms with Gasteiger partial charge in [-0.25, -0.2) is 9.97 Å². The first-order valence-electron chi connectivity index (χ1n) is 5.90. The Balaban J connectivity index is 2.08. The molecule has 1 aromatic rings. The van der Waals surface area contributed by atoms with Crippen LogP contribution in [-0.4, -0.2) is 21.0 Å². The van der Waals surface area contributed by atoms with Gasteiger partial charge in [-0.3, -0.25) is 4.79 Å². The fourth-order valence-electron chi connectivity index (χ4n) is 2.19. The van der Waals surface area contributed by atoms with Gasteiger partial charge < -0.3 is 5.11 Å². The van der Waals surface area contributed by atoms with Gasteiger partial charge in [0.15, 0.2) is 0 Å². The summed E-state index contributed by atoms with van der Waals surface area (Å²) >= 11 is 6.05. The van der Waals surface area contributed by atoms with Crippen molar-refractivity contribution >= 4 is 17.6 Å². The van der Waals surface area contributed by atoms with Gasteiger partial charge in [0.1, 0.15) is 11.0 Å². The van der Waals surface area contributed by atoms with Crippen molar-refractivity contribution in [2.75, 3.05) is 0 Å². The second-order valence-electron chi connectivity index (χ2n) is 4.42. The fourth-order valence-corrected chi connectivity index (χ4v) is 2.42. The van der Waals surface area contributed by atoms with E-state index in [9.17, 15) is 4.79 Å². The maximum Gasteiger partial charge on any atom is 0.303 e. The molecule has 0 aromatic carbocycles. The van der Waals surface area contributed by atoms with E-state index in [1.165, 1.54) is 12.8 Å². The number of carbonyl (C=O) groups is 1. The molecule has 1 aliphatic carbocycles. The highest BCUT2D eigenvalue weighted by Crippen LogP contribution is 2.32. The van der Waals surface area contributed by atoms with Crippen molar-refractivity contribution in [2.45, 2.75) is 44.4 Å². The lowest BCUT2D eigenvalue weighted by Gasteiger charge is -2.09. The van der Waals surface area contributed by atoms with E-state index in [1.54, 1.807) is 6.20 Å². The molecule has 1 N–H and O–H groups in total. The summed E-state index contributed by atoms with van der Waals surface area (Å²) in [5.41, 5.74) is 0.718. The minimum Gasteiger partial charge on any atom is -0.481 e. The Morgan fingerprint density at radius 1 is 1.47 bits per heavy atom. The van der Waals surface area contributed by atoms with Crippen LogP contribution in [0.4, 0.5) is 0 Å². The van der Waals surface area contributed by atoms with Crippen molar-refractivity contribution in [3.8, 4) is 0 Å². The van der Waals surface area contributed by atoms with Gasteiger partial charge in [0.05, 0.1) is 0 Å². The zero-order chi connectivity index (χ0) is 12.3. The molecule has 1 saturated carbocycles. The molecule has 1 aromatic heterocycles. The highest BCUT2D eigenvalue weighted by molar-refractivity contribution is 6.30. The number of aliphatic carboxylic acids is 1. The Bertz CT molecular complexity index is 417. The van der Waals surface area contributed by atoms with Gasteiger partial charge >= 0.3 is 5.97 Å². The van der Waals surface area contributed by atoms with E-state index in [4.69, 9.17) is 16.7 Å². The monoisotopic (exact) mass is 254 g/mol. The highest BCUT2D eigenvalue weighted by Gasteiger charge is 2.20. The van der Waals surface area contributed by atoms with Gasteiger partial charge in [-0.1, -0.05) is 24.4 Å². The van der Waals surface area contributed by atoms with Crippen LogP contribution in [0.2, 0.25) is 5.15 Å². The molecule has 0 saturated heterocycles. The second-order valence-corrected chi connectivity index (χ2v) is 4.78. The van der Waals surface area contributed by atoms with Crippen molar-refractivity contribution in [2.24, 2.45) is 0 Å². The molecule has 0 atom stereocenters. The van der Waals surface area contributed by atoms with E-state index in [2.05, 4.69) is 9.97 Å². The van der Waals surface area contributed by atoms with E-state index in [0.29, 0.717) is 17.5 Å². The summed E-state index contributed by atoms with van der Waals surface area (Å²) < 4.78 is 0. The first-order valence-corrected chi connectivity index (χ1v) is 6.27. The van der Waals surface area contributed by atoms with Crippen LogP contribution in [0.15, 0.2) is 6.20 Å². The third kappa shape index (κ3) is 3.16. The molecule has 5 heteroatoms. The zero-order valence-electron chi connectivity index (χ0n) is 9.53. The summed E-state index contributed by atoms with van der Waals surface area (Å²) in [5, 5.41) is 9.01. The van der Waals surface area contributed by atoms with Gasteiger partial charge in [-0.05, 0) is 19.3 Å². The van der Waals surface area contributed by atoms with Crippen LogP contribution in [0.25, 0.3) is 0 Å². The van der Waals surface area contributed by atoms with E-state index < -0.39 is 5.97 Å². The third-order valence-electron chi connectivity index (χ3n) is 3.16. The van der Waals surface area contributed by atoms with E-state index in [0.717, 1.165) is 24.2 Å². The number of aryl methyl sites for hydroxylation is 1. The first kappa shape index (κ1) is 12.3. The van der Waals surface area contributed by atoms with Crippen LogP contribution in [0.3, 0.4) is 0 Å². The zero-order valence-corrected chi connectivity index (χ0v) is 10.3. The summed E-state index contributed by atoms with van der Waals surface area (Å²) in [6.45, 7) is 0. The Morgan fingerprint density at radius 2 is 2.18 bits per heavy atom. The van der Waals surface area contributed by atoms with E-state index in [-0.39, 0.29) is 6.42 Å². The van der Waals surface area contributed by atoms with Crippen LogP contribution in [0, 0.1) is 0 Å². The second kappa shape index (κ2) is 5.45. The predicted octanol–water partition coefficient (Wildman–Crippen LogP) is 2.80. The molecule has 1 aliphatic rings. The summed E-state index contributed by atoms with van der Waals surface area (Å²) in [6, 6.07) is 0. The van der Waals surface area contributed by atoms with Crippen molar-refractivity contribution in [1.29, 1.82) is 0 Å². The van der Waals surface area contributed by atoms with Crippen LogP contribution in [0.5, 0.6) is 0 Å². The molecule has 0 amide bonds. The Hall–Kier alpha value is -1.16. The van der Waals surface area contributed by atoms with E-state index >= 15 is 0 Å². The van der Waals surface area contributed by atoms with Gasteiger partial charge in [0.2, 0.25) is 0 Å². The van der Waals surface area contributed by atoms with Gasteiger partial charge in [-0.2, -0.15) is 0 Å². The average Bonchev–Trinajstić information content (AvgIpc) is 2.80. The minimum atomic E-state index is -0.832. The lowest BCUT2D eigenvalue weighted by Crippen LogP contribution is -2.04. The predicted molar refractivity (Wildman–Crippen MR) is 64.2 cm³/mol. The molecule has 0 aliphatic heterocycles. The summed E-state index contributed by atoms with van der Waals surface area (Å²) in [4.78, 5) is 19.1. The standard InChI is InChI=1S/C12H15ClN2O2/c13-11-9(5-6-10(16)17)7-14-12(15-11)8-3-1-2-4-8/h7-8H,1-6H2,(H,16,17). The molecular weight excluding hydrogens is 240 g/mol. The number of hydrogen-bond donors (Lipinski definition) is 1. The smallest absolute Gasteiger partial charge is 0.303 e. The number of aromatic nitrogens is 2. The normalized spacial score (nSPS) is 16.3. The molecular formula is C12H15ClN2O2. The Labute approximate surface area is 105 Å². The molecule has 17 heavy (non-hydrogen) atoms. The van der Waals surface area contributed by atoms with Gasteiger partial charge in [0.25, 0.3) is 0 Å². The number of rotatable bonds is 4. The molecule has 0 spiro atoms. The lowest BCUT2D eigenvalue weighted by molar-refractivity contribution is -0.136. The van der Waals surface area contributed by atoms with Crippen LogP contribution < -0.4 is 0 Å². The van der Waals surface area contributed by atoms with Gasteiger partial charge in [-0.15, -0.1) is 0 Å². The van der Waals surface area contributed by atoms with Crippen LogP contribution in [-0.2, 0) is 11.2 Å². The molecule has 0 unspecified atom stereocenters. The molecule has 92 valence electrons. The highest BCUT2D eigenvalue weighted by atomic mass is 35.5. The Kier molecular flexibility index (Phi) is 3.94. The average molecular weight is 255 g/mol. The maximum atomic E-state index is 10.5. The quantitative estimate of drug-likeness (QED) is 0.840. The molecule has 2 rings (SSSR count). The largest absolute Gasteiger partial charge is 0.481 e. The number of carboxylic acid groups (broad SMARTS) is 1. The summed E-state index contributed by atoms with van der Waals surface area (Å²) in [6.07, 6.45) is 6.84. The van der Waals surface area contributed by atoms with Crippen LogP contribution >= 0.6 is 11.6 Å². The van der Waals surface area contributed by atoms with Crippen molar-refractivity contribution in [1.82, 2.24) is 9.97 Å². The number of carboxylic acids is 1. The van der Waals surface area contributed by atoms with Crippen LogP contribution in [0.1, 0.15) is 49.4 Å². The molecule has 0 bridgehead atoms. The van der Waals surface area contributed by atoms with Gasteiger partial charge in [0, 0.05) is 24.1 Å². The summed E-state index contributed by atoms with van der Waals surface area (Å²) in [7, 11) is 0. The fraction of sp³-hybridized carbons (Fsp3) is 0.583. The first-order chi connectivity index (χ1) is 8.16. The molecule has 1 fully saturated rings. The SMILES string of the molecule is O=C(O)CCc1cnc(C2CCCC2)nc1Cl. The van der Waals surface area contributed by atoms with E-state index in [1.807, 2.05) is 0 Å². The molecule has 1 heterocycles. The topological polar surface area (TPSA) is 63.1 Å². The Morgan fingerprint density at radius 3 is 2.76 bits per heavy atom. The maximum absolute atomic E-state index is 10.5. The molecule has 4 nitrogen and oxygen atoms in total. The van der Waals surface area contributed by atoms with Crippen molar-refractivity contribution in [3.05, 3.63) is 22.7 Å². The summed E-state index contributed by atoms with van der Waals surface area (Å²) in [5.74, 6) is 0.411. The van der Waals surface area contributed by atoms with Crippen molar-refractivity contribution in [3.63, 3.8) is 0 Å². The third-order valence-corrected chi connectivity index (χ3v) is 3.49. The number of halogens is 1. The molecule has 0 radical (unpaired) electrons. The minimum absolute atomic E-state index is 0.0614.